The monoisotopic (exact) mass is 356 g/mol. The number of alkyl halides is 3. The third-order valence-electron chi connectivity index (χ3n) is 3.62. The smallest absolute Gasteiger partial charge is 0.313 e. The van der Waals surface area contributed by atoms with Crippen molar-refractivity contribution in [2.24, 2.45) is 0 Å². The Balaban J connectivity index is 2.32. The molecule has 0 aliphatic carbocycles. The molecule has 22 heavy (non-hydrogen) atoms. The molecule has 1 aromatic carbocycles. The van der Waals surface area contributed by atoms with Crippen molar-refractivity contribution >= 4 is 21.6 Å². The van der Waals surface area contributed by atoms with Crippen LogP contribution in [0.5, 0.6) is 0 Å². The van der Waals surface area contributed by atoms with Crippen molar-refractivity contribution in [2.75, 3.05) is 6.54 Å². The highest BCUT2D eigenvalue weighted by molar-refractivity contribution is 7.89. The number of halogens is 4. The summed E-state index contributed by atoms with van der Waals surface area (Å²) in [6.45, 7) is 2.60. The number of hydrogen-bond donors (Lipinski definition) is 2. The normalized spacial score (nSPS) is 23.5. The molecule has 0 saturated carbocycles. The van der Waals surface area contributed by atoms with E-state index >= 15 is 0 Å². The second kappa shape index (κ2) is 6.35. The second-order valence-electron chi connectivity index (χ2n) is 5.26. The van der Waals surface area contributed by atoms with Gasteiger partial charge in [-0.1, -0.05) is 11.6 Å². The van der Waals surface area contributed by atoms with E-state index in [1.54, 1.807) is 0 Å². The molecule has 2 rings (SSSR count). The first kappa shape index (κ1) is 17.5. The summed E-state index contributed by atoms with van der Waals surface area (Å²) < 4.78 is 65.4. The first-order valence-electron chi connectivity index (χ1n) is 6.74. The van der Waals surface area contributed by atoms with E-state index in [1.807, 2.05) is 6.92 Å². The quantitative estimate of drug-likeness (QED) is 0.875. The molecule has 1 saturated heterocycles. The molecule has 1 aromatic rings. The van der Waals surface area contributed by atoms with E-state index in [0.29, 0.717) is 12.5 Å². The summed E-state index contributed by atoms with van der Waals surface area (Å²) in [5, 5.41) is 2.88. The topological polar surface area (TPSA) is 58.2 Å². The molecule has 0 radical (unpaired) electrons. The van der Waals surface area contributed by atoms with Crippen LogP contribution in [0.4, 0.5) is 13.2 Å². The fourth-order valence-electron chi connectivity index (χ4n) is 2.35. The largest absolute Gasteiger partial charge is 0.416 e. The van der Waals surface area contributed by atoms with E-state index in [2.05, 4.69) is 10.0 Å². The third kappa shape index (κ3) is 3.92. The Morgan fingerprint density at radius 3 is 2.64 bits per heavy atom. The van der Waals surface area contributed by atoms with Gasteiger partial charge in [0, 0.05) is 12.1 Å². The van der Waals surface area contributed by atoms with Crippen LogP contribution in [0.1, 0.15) is 25.3 Å². The van der Waals surface area contributed by atoms with Gasteiger partial charge in [0.2, 0.25) is 10.0 Å². The summed E-state index contributed by atoms with van der Waals surface area (Å²) in [7, 11) is -4.13. The van der Waals surface area contributed by atoms with Crippen LogP contribution in [0.2, 0.25) is 5.02 Å². The van der Waals surface area contributed by atoms with Crippen LogP contribution < -0.4 is 10.0 Å². The number of rotatable bonds is 3. The average Bonchev–Trinajstić information content (AvgIpc) is 2.40. The molecule has 1 aliphatic heterocycles. The summed E-state index contributed by atoms with van der Waals surface area (Å²) in [5.74, 6) is 0. The Morgan fingerprint density at radius 1 is 1.36 bits per heavy atom. The fraction of sp³-hybridized carbons (Fsp3) is 0.538. The molecule has 2 N–H and O–H groups in total. The Hall–Kier alpha value is -0.830. The third-order valence-corrected chi connectivity index (χ3v) is 5.59. The van der Waals surface area contributed by atoms with Gasteiger partial charge >= 0.3 is 6.18 Å². The number of nitrogens with one attached hydrogen (secondary N) is 2. The second-order valence-corrected chi connectivity index (χ2v) is 7.35. The number of benzene rings is 1. The lowest BCUT2D eigenvalue weighted by molar-refractivity contribution is -0.137. The van der Waals surface area contributed by atoms with Crippen LogP contribution in [0.15, 0.2) is 23.1 Å². The minimum Gasteiger partial charge on any atom is -0.313 e. The highest BCUT2D eigenvalue weighted by atomic mass is 35.5. The van der Waals surface area contributed by atoms with Crippen LogP contribution in [-0.2, 0) is 16.2 Å². The van der Waals surface area contributed by atoms with Crippen molar-refractivity contribution in [3.8, 4) is 0 Å². The maximum atomic E-state index is 12.7. The highest BCUT2D eigenvalue weighted by Crippen LogP contribution is 2.33. The predicted octanol–water partition coefficient (Wildman–Crippen LogP) is 2.78. The summed E-state index contributed by atoms with van der Waals surface area (Å²) in [6.07, 6.45) is -3.23. The molecule has 2 atom stereocenters. The molecular formula is C13H16ClF3N2O2S. The Bertz CT molecular complexity index is 649. The van der Waals surface area contributed by atoms with Gasteiger partial charge in [-0.3, -0.25) is 0 Å². The Kier molecular flexibility index (Phi) is 5.06. The van der Waals surface area contributed by atoms with E-state index in [1.165, 1.54) is 0 Å². The molecule has 0 aromatic heterocycles. The van der Waals surface area contributed by atoms with Crippen molar-refractivity contribution in [3.05, 3.63) is 28.8 Å². The summed E-state index contributed by atoms with van der Waals surface area (Å²) in [4.78, 5) is -0.554. The fourth-order valence-corrected chi connectivity index (χ4v) is 4.23. The molecular weight excluding hydrogens is 341 g/mol. The maximum Gasteiger partial charge on any atom is 0.416 e. The van der Waals surface area contributed by atoms with E-state index in [0.717, 1.165) is 25.1 Å². The zero-order chi connectivity index (χ0) is 16.5. The molecule has 124 valence electrons. The van der Waals surface area contributed by atoms with E-state index in [9.17, 15) is 21.6 Å². The zero-order valence-corrected chi connectivity index (χ0v) is 13.3. The van der Waals surface area contributed by atoms with Gasteiger partial charge in [-0.05, 0) is 44.5 Å². The molecule has 4 nitrogen and oxygen atoms in total. The lowest BCUT2D eigenvalue weighted by Crippen LogP contribution is -2.51. The number of piperidine rings is 1. The van der Waals surface area contributed by atoms with Crippen molar-refractivity contribution in [1.29, 1.82) is 0 Å². The number of sulfonamides is 1. The zero-order valence-electron chi connectivity index (χ0n) is 11.7. The van der Waals surface area contributed by atoms with Gasteiger partial charge in [0.05, 0.1) is 10.6 Å². The van der Waals surface area contributed by atoms with Gasteiger partial charge in [-0.25, -0.2) is 13.1 Å². The van der Waals surface area contributed by atoms with E-state index in [-0.39, 0.29) is 17.1 Å². The van der Waals surface area contributed by atoms with Gasteiger partial charge in [0.15, 0.2) is 0 Å². The number of hydrogen-bond acceptors (Lipinski definition) is 3. The summed E-state index contributed by atoms with van der Waals surface area (Å²) in [5.41, 5.74) is -1.05. The van der Waals surface area contributed by atoms with Crippen LogP contribution in [0.3, 0.4) is 0 Å². The van der Waals surface area contributed by atoms with Crippen LogP contribution in [0.25, 0.3) is 0 Å². The molecule has 0 bridgehead atoms. The standard InChI is InChI=1S/C13H16ClF3N2O2S/c1-8-11(3-2-6-18-8)19-22(20,21)12-7-9(13(15,16)17)4-5-10(12)14/h4-5,7-8,11,18-19H,2-3,6H2,1H3. The van der Waals surface area contributed by atoms with Crippen molar-refractivity contribution in [3.63, 3.8) is 0 Å². The SMILES string of the molecule is CC1NCCCC1NS(=O)(=O)c1cc(C(F)(F)F)ccc1Cl. The average molecular weight is 357 g/mol. The predicted molar refractivity (Wildman–Crippen MR) is 77.3 cm³/mol. The highest BCUT2D eigenvalue weighted by Gasteiger charge is 2.34. The molecule has 1 heterocycles. The molecule has 1 fully saturated rings. The van der Waals surface area contributed by atoms with Crippen molar-refractivity contribution in [1.82, 2.24) is 10.0 Å². The van der Waals surface area contributed by atoms with Crippen molar-refractivity contribution in [2.45, 2.75) is 42.9 Å². The van der Waals surface area contributed by atoms with Crippen LogP contribution in [0, 0.1) is 0 Å². The minimum atomic E-state index is -4.63. The summed E-state index contributed by atoms with van der Waals surface area (Å²) in [6, 6.07) is 1.77. The maximum absolute atomic E-state index is 12.7. The van der Waals surface area contributed by atoms with Gasteiger partial charge in [-0.15, -0.1) is 0 Å². The van der Waals surface area contributed by atoms with Crippen molar-refractivity contribution < 1.29 is 21.6 Å². The van der Waals surface area contributed by atoms with E-state index in [4.69, 9.17) is 11.6 Å². The first-order valence-corrected chi connectivity index (χ1v) is 8.60. The Labute approximate surface area is 132 Å². The lowest BCUT2D eigenvalue weighted by atomic mass is 10.0. The van der Waals surface area contributed by atoms with Gasteiger partial charge in [0.1, 0.15) is 4.90 Å². The summed E-state index contributed by atoms with van der Waals surface area (Å²) >= 11 is 5.78. The molecule has 0 amide bonds. The van der Waals surface area contributed by atoms with E-state index < -0.39 is 26.7 Å². The molecule has 1 aliphatic rings. The minimum absolute atomic E-state index is 0.104. The van der Waals surface area contributed by atoms with Crippen LogP contribution >= 0.6 is 11.6 Å². The first-order chi connectivity index (χ1) is 10.1. The lowest BCUT2D eigenvalue weighted by Gasteiger charge is -2.30. The van der Waals surface area contributed by atoms with Gasteiger partial charge in [0.25, 0.3) is 0 Å². The molecule has 0 spiro atoms. The van der Waals surface area contributed by atoms with Gasteiger partial charge in [-0.2, -0.15) is 13.2 Å². The molecule has 9 heteroatoms. The Morgan fingerprint density at radius 2 is 2.05 bits per heavy atom. The molecule has 2 unspecified atom stereocenters. The van der Waals surface area contributed by atoms with Gasteiger partial charge < -0.3 is 5.32 Å². The van der Waals surface area contributed by atoms with Crippen LogP contribution in [-0.4, -0.2) is 27.0 Å².